The first-order valence-corrected chi connectivity index (χ1v) is 9.49. The molecule has 1 aliphatic heterocycles. The van der Waals surface area contributed by atoms with Crippen molar-refractivity contribution in [2.45, 2.75) is 12.3 Å². The number of rotatable bonds is 5. The molecule has 0 spiro atoms. The van der Waals surface area contributed by atoms with Crippen LogP contribution in [0.3, 0.4) is 0 Å². The number of carbonyl (C=O) groups is 1. The quantitative estimate of drug-likeness (QED) is 0.868. The first-order valence-electron chi connectivity index (χ1n) is 6.49. The summed E-state index contributed by atoms with van der Waals surface area (Å²) in [4.78, 5) is 13.7. The molecule has 0 bridgehead atoms. The summed E-state index contributed by atoms with van der Waals surface area (Å²) in [6.07, 6.45) is 1.16. The average Bonchev–Trinajstić information content (AvgIpc) is 3.02. The van der Waals surface area contributed by atoms with E-state index >= 15 is 0 Å². The number of nitrogens with zero attached hydrogens (tertiary/aromatic N) is 1. The van der Waals surface area contributed by atoms with Gasteiger partial charge in [0.15, 0.2) is 0 Å². The van der Waals surface area contributed by atoms with Gasteiger partial charge in [-0.25, -0.2) is 8.42 Å². The van der Waals surface area contributed by atoms with Crippen LogP contribution in [0.15, 0.2) is 16.8 Å². The standard InChI is InChI=1S/C13H19NO4S2/c1-20(17,18)5-3-13(16)14-6-11(8-15)12(7-14)10-2-4-19-9-10/h2,4,9,11-12,15H,3,5-8H2,1H3/t11-,12-/m0/s1. The summed E-state index contributed by atoms with van der Waals surface area (Å²) in [6, 6.07) is 2.02. The fourth-order valence-corrected chi connectivity index (χ4v) is 3.82. The van der Waals surface area contributed by atoms with Crippen molar-refractivity contribution in [1.29, 1.82) is 0 Å². The van der Waals surface area contributed by atoms with Crippen molar-refractivity contribution in [1.82, 2.24) is 4.90 Å². The summed E-state index contributed by atoms with van der Waals surface area (Å²) in [5.41, 5.74) is 1.15. The van der Waals surface area contributed by atoms with Gasteiger partial charge in [-0.2, -0.15) is 11.3 Å². The van der Waals surface area contributed by atoms with Gasteiger partial charge in [0.2, 0.25) is 5.91 Å². The Labute approximate surface area is 123 Å². The van der Waals surface area contributed by atoms with Gasteiger partial charge in [0, 0.05) is 44.2 Å². The average molecular weight is 317 g/mol. The lowest BCUT2D eigenvalue weighted by Gasteiger charge is -2.15. The Morgan fingerprint density at radius 1 is 1.50 bits per heavy atom. The Morgan fingerprint density at radius 2 is 2.25 bits per heavy atom. The van der Waals surface area contributed by atoms with Crippen LogP contribution in [-0.2, 0) is 14.6 Å². The zero-order valence-corrected chi connectivity index (χ0v) is 13.0. The second-order valence-electron chi connectivity index (χ2n) is 5.28. The van der Waals surface area contributed by atoms with Crippen LogP contribution in [0.25, 0.3) is 0 Å². The van der Waals surface area contributed by atoms with E-state index in [0.717, 1.165) is 11.8 Å². The Morgan fingerprint density at radius 3 is 2.80 bits per heavy atom. The normalized spacial score (nSPS) is 23.2. The third kappa shape index (κ3) is 3.80. The molecule has 2 heterocycles. The summed E-state index contributed by atoms with van der Waals surface area (Å²) in [5.74, 6) is -0.0817. The summed E-state index contributed by atoms with van der Waals surface area (Å²) < 4.78 is 22.2. The smallest absolute Gasteiger partial charge is 0.223 e. The minimum Gasteiger partial charge on any atom is -0.396 e. The van der Waals surface area contributed by atoms with E-state index < -0.39 is 9.84 Å². The largest absolute Gasteiger partial charge is 0.396 e. The molecule has 112 valence electrons. The molecule has 1 amide bonds. The Kier molecular flexibility index (Phi) is 4.82. The van der Waals surface area contributed by atoms with Crippen LogP contribution in [0.4, 0.5) is 0 Å². The van der Waals surface area contributed by atoms with Crippen LogP contribution >= 0.6 is 11.3 Å². The highest BCUT2D eigenvalue weighted by molar-refractivity contribution is 7.90. The van der Waals surface area contributed by atoms with Crippen LogP contribution in [0.1, 0.15) is 17.9 Å². The molecule has 0 aromatic carbocycles. The van der Waals surface area contributed by atoms with E-state index in [0.29, 0.717) is 13.1 Å². The predicted octanol–water partition coefficient (Wildman–Crippen LogP) is 0.717. The molecule has 1 aromatic rings. The third-order valence-electron chi connectivity index (χ3n) is 3.69. The van der Waals surface area contributed by atoms with Crippen molar-refractivity contribution in [2.24, 2.45) is 5.92 Å². The molecule has 0 unspecified atom stereocenters. The van der Waals surface area contributed by atoms with Crippen LogP contribution in [0, 0.1) is 5.92 Å². The van der Waals surface area contributed by atoms with E-state index in [9.17, 15) is 18.3 Å². The van der Waals surface area contributed by atoms with Crippen LogP contribution in [0.2, 0.25) is 0 Å². The monoisotopic (exact) mass is 317 g/mol. The van der Waals surface area contributed by atoms with Gasteiger partial charge in [-0.05, 0) is 22.4 Å². The summed E-state index contributed by atoms with van der Waals surface area (Å²) in [5, 5.41) is 13.5. The molecule has 1 fully saturated rings. The van der Waals surface area contributed by atoms with E-state index in [4.69, 9.17) is 0 Å². The number of carbonyl (C=O) groups excluding carboxylic acids is 1. The van der Waals surface area contributed by atoms with Gasteiger partial charge in [-0.15, -0.1) is 0 Å². The van der Waals surface area contributed by atoms with Gasteiger partial charge in [-0.1, -0.05) is 0 Å². The zero-order chi connectivity index (χ0) is 14.8. The third-order valence-corrected chi connectivity index (χ3v) is 5.33. The van der Waals surface area contributed by atoms with Crippen LogP contribution in [0.5, 0.6) is 0 Å². The highest BCUT2D eigenvalue weighted by atomic mass is 32.2. The number of likely N-dealkylation sites (tertiary alicyclic amines) is 1. The fourth-order valence-electron chi connectivity index (χ4n) is 2.55. The van der Waals surface area contributed by atoms with Crippen molar-refractivity contribution >= 4 is 27.1 Å². The lowest BCUT2D eigenvalue weighted by Crippen LogP contribution is -2.30. The van der Waals surface area contributed by atoms with Gasteiger partial charge in [-0.3, -0.25) is 4.79 Å². The molecule has 2 atom stereocenters. The van der Waals surface area contributed by atoms with E-state index in [-0.39, 0.29) is 36.5 Å². The van der Waals surface area contributed by atoms with Crippen molar-refractivity contribution in [2.75, 3.05) is 31.7 Å². The Bertz CT molecular complexity index is 553. The molecular formula is C13H19NO4S2. The molecule has 1 aromatic heterocycles. The molecule has 20 heavy (non-hydrogen) atoms. The first kappa shape index (κ1) is 15.5. The van der Waals surface area contributed by atoms with E-state index in [1.807, 2.05) is 16.8 Å². The number of hydrogen-bond acceptors (Lipinski definition) is 5. The van der Waals surface area contributed by atoms with E-state index in [2.05, 4.69) is 0 Å². The molecule has 0 radical (unpaired) electrons. The van der Waals surface area contributed by atoms with E-state index in [1.54, 1.807) is 16.2 Å². The van der Waals surface area contributed by atoms with Crippen molar-refractivity contribution < 1.29 is 18.3 Å². The lowest BCUT2D eigenvalue weighted by atomic mass is 9.92. The SMILES string of the molecule is CS(=O)(=O)CCC(=O)N1C[C@@H](CO)[C@H](c2ccsc2)C1. The molecule has 1 saturated heterocycles. The highest BCUT2D eigenvalue weighted by Crippen LogP contribution is 2.33. The molecule has 0 saturated carbocycles. The topological polar surface area (TPSA) is 74.7 Å². The molecular weight excluding hydrogens is 298 g/mol. The van der Waals surface area contributed by atoms with Gasteiger partial charge >= 0.3 is 0 Å². The second kappa shape index (κ2) is 6.24. The highest BCUT2D eigenvalue weighted by Gasteiger charge is 2.35. The van der Waals surface area contributed by atoms with Gasteiger partial charge in [0.1, 0.15) is 9.84 Å². The maximum absolute atomic E-state index is 12.1. The number of hydrogen-bond donors (Lipinski definition) is 1. The Balaban J connectivity index is 2.00. The molecule has 7 heteroatoms. The van der Waals surface area contributed by atoms with Crippen molar-refractivity contribution in [3.05, 3.63) is 22.4 Å². The van der Waals surface area contributed by atoms with Crippen LogP contribution < -0.4 is 0 Å². The number of thiophene rings is 1. The molecule has 1 aliphatic rings. The van der Waals surface area contributed by atoms with Gasteiger partial charge < -0.3 is 10.0 Å². The summed E-state index contributed by atoms with van der Waals surface area (Å²) in [6.45, 7) is 1.10. The minimum atomic E-state index is -3.12. The molecule has 2 rings (SSSR count). The second-order valence-corrected chi connectivity index (χ2v) is 8.32. The lowest BCUT2D eigenvalue weighted by molar-refractivity contribution is -0.129. The van der Waals surface area contributed by atoms with Gasteiger partial charge in [0.25, 0.3) is 0 Å². The predicted molar refractivity (Wildman–Crippen MR) is 78.5 cm³/mol. The van der Waals surface area contributed by atoms with Gasteiger partial charge in [0.05, 0.1) is 5.75 Å². The fraction of sp³-hybridized carbons (Fsp3) is 0.615. The minimum absolute atomic E-state index is 0.0212. The van der Waals surface area contributed by atoms with E-state index in [1.165, 1.54) is 0 Å². The van der Waals surface area contributed by atoms with Crippen molar-refractivity contribution in [3.8, 4) is 0 Å². The molecule has 1 N–H and O–H groups in total. The number of aliphatic hydroxyl groups excluding tert-OH is 1. The number of aliphatic hydroxyl groups is 1. The molecule has 0 aliphatic carbocycles. The van der Waals surface area contributed by atoms with Crippen molar-refractivity contribution in [3.63, 3.8) is 0 Å². The maximum atomic E-state index is 12.1. The zero-order valence-electron chi connectivity index (χ0n) is 11.4. The molecule has 5 nitrogen and oxygen atoms in total. The van der Waals surface area contributed by atoms with Crippen LogP contribution in [-0.4, -0.2) is 56.0 Å². The Hall–Kier alpha value is -0.920. The summed E-state index contributed by atoms with van der Waals surface area (Å²) in [7, 11) is -3.12. The first-order chi connectivity index (χ1) is 9.40. The number of sulfone groups is 1. The maximum Gasteiger partial charge on any atom is 0.223 e. The summed E-state index contributed by atoms with van der Waals surface area (Å²) >= 11 is 1.60. The number of amides is 1.